The summed E-state index contributed by atoms with van der Waals surface area (Å²) in [5.41, 5.74) is 0.873. The fourth-order valence-electron chi connectivity index (χ4n) is 2.89. The fourth-order valence-corrected chi connectivity index (χ4v) is 3.06. The number of nitrogens with zero attached hydrogens (tertiary/aromatic N) is 4. The van der Waals surface area contributed by atoms with E-state index in [-0.39, 0.29) is 0 Å². The second-order valence-electron chi connectivity index (χ2n) is 5.86. The predicted octanol–water partition coefficient (Wildman–Crippen LogP) is 0.296. The fraction of sp³-hybridized carbons (Fsp3) is 0.400. The van der Waals surface area contributed by atoms with Crippen LogP contribution in [0.5, 0.6) is 0 Å². The van der Waals surface area contributed by atoms with Crippen LogP contribution < -0.4 is 5.32 Å². The van der Waals surface area contributed by atoms with Gasteiger partial charge in [-0.1, -0.05) is 11.6 Å². The van der Waals surface area contributed by atoms with Gasteiger partial charge in [0.15, 0.2) is 23.2 Å². The Balaban J connectivity index is 1.61. The lowest BCUT2D eigenvalue weighted by Crippen LogP contribution is -2.33. The summed E-state index contributed by atoms with van der Waals surface area (Å²) in [6.45, 7) is -0.0611. The highest BCUT2D eigenvalue weighted by molar-refractivity contribution is 6.30. The molecule has 1 aliphatic heterocycles. The number of aromatic nitrogens is 4. The summed E-state index contributed by atoms with van der Waals surface area (Å²) >= 11 is 5.82. The first kappa shape index (κ1) is 17.2. The van der Waals surface area contributed by atoms with Crippen LogP contribution in [0.25, 0.3) is 11.2 Å². The molecule has 10 nitrogen and oxygen atoms in total. The Morgan fingerprint density at radius 1 is 1.23 bits per heavy atom. The highest BCUT2D eigenvalue weighted by Crippen LogP contribution is 2.32. The van der Waals surface area contributed by atoms with Crippen molar-refractivity contribution in [1.29, 1.82) is 0 Å². The van der Waals surface area contributed by atoms with Crippen molar-refractivity contribution in [3.05, 3.63) is 35.8 Å². The predicted molar refractivity (Wildman–Crippen MR) is 89.4 cm³/mol. The van der Waals surface area contributed by atoms with Crippen molar-refractivity contribution in [3.63, 3.8) is 0 Å². The molecule has 3 aromatic rings. The number of nitrogens with one attached hydrogen (secondary N) is 1. The van der Waals surface area contributed by atoms with E-state index in [1.54, 1.807) is 6.07 Å². The number of rotatable bonds is 5. The summed E-state index contributed by atoms with van der Waals surface area (Å²) in [6.07, 6.45) is -0.000475. The van der Waals surface area contributed by atoms with Crippen LogP contribution in [0.4, 0.5) is 5.82 Å². The molecule has 0 spiro atoms. The van der Waals surface area contributed by atoms with Crippen molar-refractivity contribution < 1.29 is 24.5 Å². The van der Waals surface area contributed by atoms with Gasteiger partial charge in [0.25, 0.3) is 0 Å². The highest BCUT2D eigenvalue weighted by atomic mass is 35.5. The number of halogens is 1. The summed E-state index contributed by atoms with van der Waals surface area (Å²) in [5.74, 6) is 1.10. The average Bonchev–Trinajstić information content (AvgIpc) is 3.32. The average molecular weight is 382 g/mol. The van der Waals surface area contributed by atoms with Crippen LogP contribution in [-0.2, 0) is 11.3 Å². The largest absolute Gasteiger partial charge is 0.466 e. The number of aliphatic hydroxyl groups is 3. The lowest BCUT2D eigenvalue weighted by molar-refractivity contribution is -0.0511. The van der Waals surface area contributed by atoms with Crippen LogP contribution in [0.1, 0.15) is 12.0 Å². The SMILES string of the molecule is OC[C@H]1OC(n2cnc3c(NCc4cc(Cl)co4)ncnc32)[C@@H](O)[C@@H]1O. The Kier molecular flexibility index (Phi) is 4.51. The maximum absolute atomic E-state index is 10.2. The van der Waals surface area contributed by atoms with Crippen LogP contribution in [0.3, 0.4) is 0 Å². The van der Waals surface area contributed by atoms with Gasteiger partial charge in [0, 0.05) is 6.07 Å². The van der Waals surface area contributed by atoms with Crippen LogP contribution >= 0.6 is 11.6 Å². The maximum Gasteiger partial charge on any atom is 0.167 e. The normalized spacial score (nSPS) is 25.8. The zero-order chi connectivity index (χ0) is 18.3. The van der Waals surface area contributed by atoms with Gasteiger partial charge < -0.3 is 29.8 Å². The molecule has 138 valence electrons. The first-order chi connectivity index (χ1) is 12.6. The zero-order valence-corrected chi connectivity index (χ0v) is 14.1. The second-order valence-corrected chi connectivity index (χ2v) is 6.30. The standard InChI is InChI=1S/C15H16ClN5O5/c16-7-1-8(25-4-7)2-17-13-10-14(19-5-18-13)21(6-20-10)15-12(24)11(23)9(3-22)26-15/h1,4-6,9,11-12,15,22-24H,2-3H2,(H,17,18,19)/t9-,11-,12+,15?/m1/s1. The Morgan fingerprint density at radius 3 is 2.77 bits per heavy atom. The summed E-state index contributed by atoms with van der Waals surface area (Å²) in [7, 11) is 0. The minimum absolute atomic E-state index is 0.347. The van der Waals surface area contributed by atoms with Crippen molar-refractivity contribution in [3.8, 4) is 0 Å². The molecule has 4 heterocycles. The van der Waals surface area contributed by atoms with Gasteiger partial charge in [-0.05, 0) is 0 Å². The van der Waals surface area contributed by atoms with E-state index in [4.69, 9.17) is 20.8 Å². The number of anilines is 1. The number of fused-ring (bicyclic) bond motifs is 1. The third-order valence-electron chi connectivity index (χ3n) is 4.20. The van der Waals surface area contributed by atoms with Crippen LogP contribution in [0.2, 0.25) is 5.02 Å². The van der Waals surface area contributed by atoms with E-state index in [1.807, 2.05) is 0 Å². The number of ether oxygens (including phenoxy) is 1. The number of hydrogen-bond acceptors (Lipinski definition) is 9. The molecule has 1 fully saturated rings. The van der Waals surface area contributed by atoms with Crippen molar-refractivity contribution in [2.75, 3.05) is 11.9 Å². The molecular formula is C15H16ClN5O5. The molecule has 26 heavy (non-hydrogen) atoms. The van der Waals surface area contributed by atoms with Crippen LogP contribution in [0, 0.1) is 0 Å². The topological polar surface area (TPSA) is 139 Å². The third-order valence-corrected chi connectivity index (χ3v) is 4.40. The molecule has 1 unspecified atom stereocenters. The molecule has 11 heteroatoms. The van der Waals surface area contributed by atoms with E-state index < -0.39 is 31.1 Å². The Labute approximate surface area is 152 Å². The minimum atomic E-state index is -1.22. The van der Waals surface area contributed by atoms with E-state index in [2.05, 4.69) is 20.3 Å². The van der Waals surface area contributed by atoms with Crippen LogP contribution in [-0.4, -0.2) is 59.8 Å². The molecule has 1 aliphatic rings. The summed E-state index contributed by atoms with van der Waals surface area (Å²) < 4.78 is 12.3. The van der Waals surface area contributed by atoms with Gasteiger partial charge in [-0.2, -0.15) is 0 Å². The smallest absolute Gasteiger partial charge is 0.167 e. The van der Waals surface area contributed by atoms with Gasteiger partial charge in [0.1, 0.15) is 36.7 Å². The minimum Gasteiger partial charge on any atom is -0.466 e. The molecule has 0 bridgehead atoms. The van der Waals surface area contributed by atoms with E-state index >= 15 is 0 Å². The van der Waals surface area contributed by atoms with Gasteiger partial charge >= 0.3 is 0 Å². The molecule has 4 rings (SSSR count). The molecule has 0 aromatic carbocycles. The lowest BCUT2D eigenvalue weighted by atomic mass is 10.1. The Hall–Kier alpha value is -2.24. The zero-order valence-electron chi connectivity index (χ0n) is 13.4. The molecule has 0 amide bonds. The summed E-state index contributed by atoms with van der Waals surface area (Å²) in [5, 5.41) is 32.9. The van der Waals surface area contributed by atoms with E-state index in [1.165, 1.54) is 23.5 Å². The number of hydrogen-bond donors (Lipinski definition) is 4. The van der Waals surface area contributed by atoms with Gasteiger partial charge in [-0.25, -0.2) is 15.0 Å². The molecule has 0 radical (unpaired) electrons. The number of furan rings is 1. The molecule has 4 N–H and O–H groups in total. The van der Waals surface area contributed by atoms with E-state index in [0.29, 0.717) is 34.3 Å². The van der Waals surface area contributed by atoms with Crippen molar-refractivity contribution in [1.82, 2.24) is 19.5 Å². The van der Waals surface area contributed by atoms with Crippen molar-refractivity contribution in [2.24, 2.45) is 0 Å². The number of aliphatic hydroxyl groups excluding tert-OH is 3. The first-order valence-electron chi connectivity index (χ1n) is 7.85. The van der Waals surface area contributed by atoms with Gasteiger partial charge in [-0.15, -0.1) is 0 Å². The molecule has 0 aliphatic carbocycles. The first-order valence-corrected chi connectivity index (χ1v) is 8.23. The monoisotopic (exact) mass is 381 g/mol. The van der Waals surface area contributed by atoms with Crippen molar-refractivity contribution >= 4 is 28.6 Å². The molecule has 4 atom stereocenters. The highest BCUT2D eigenvalue weighted by Gasteiger charge is 2.44. The molecule has 1 saturated heterocycles. The number of imidazole rings is 1. The van der Waals surface area contributed by atoms with E-state index in [9.17, 15) is 15.3 Å². The lowest BCUT2D eigenvalue weighted by Gasteiger charge is -2.16. The summed E-state index contributed by atoms with van der Waals surface area (Å²) in [6, 6.07) is 1.69. The molecule has 0 saturated carbocycles. The third kappa shape index (κ3) is 2.91. The Morgan fingerprint density at radius 2 is 2.08 bits per heavy atom. The van der Waals surface area contributed by atoms with E-state index in [0.717, 1.165) is 0 Å². The maximum atomic E-state index is 10.2. The van der Waals surface area contributed by atoms with Gasteiger partial charge in [-0.3, -0.25) is 4.57 Å². The van der Waals surface area contributed by atoms with Crippen molar-refractivity contribution in [2.45, 2.75) is 31.1 Å². The molecule has 3 aromatic heterocycles. The summed E-state index contributed by atoms with van der Waals surface area (Å²) in [4.78, 5) is 12.6. The van der Waals surface area contributed by atoms with Gasteiger partial charge in [0.2, 0.25) is 0 Å². The van der Waals surface area contributed by atoms with Gasteiger partial charge in [0.05, 0.1) is 24.5 Å². The second kappa shape index (κ2) is 6.82. The molecular weight excluding hydrogens is 366 g/mol. The van der Waals surface area contributed by atoms with Crippen LogP contribution in [0.15, 0.2) is 29.4 Å². The quantitative estimate of drug-likeness (QED) is 0.491. The Bertz CT molecular complexity index is 915.